The molecule has 0 spiro atoms. The summed E-state index contributed by atoms with van der Waals surface area (Å²) in [5.74, 6) is -2.51. The van der Waals surface area contributed by atoms with Gasteiger partial charge in [-0.3, -0.25) is 4.79 Å². The lowest BCUT2D eigenvalue weighted by molar-refractivity contribution is -0.115. The first kappa shape index (κ1) is 14.5. The van der Waals surface area contributed by atoms with Crippen molar-refractivity contribution in [1.82, 2.24) is 4.98 Å². The molecule has 1 atom stereocenters. The molecule has 0 saturated carbocycles. The van der Waals surface area contributed by atoms with Gasteiger partial charge >= 0.3 is 0 Å². The molecular formula is C13H12F2N2O2S. The second kappa shape index (κ2) is 6.06. The number of halogens is 2. The Labute approximate surface area is 118 Å². The summed E-state index contributed by atoms with van der Waals surface area (Å²) in [6, 6.07) is 3.68. The van der Waals surface area contributed by atoms with Gasteiger partial charge in [-0.25, -0.2) is 13.8 Å². The van der Waals surface area contributed by atoms with Gasteiger partial charge in [0.25, 0.3) is 0 Å². The molecule has 7 heteroatoms. The highest BCUT2D eigenvalue weighted by atomic mass is 32.1. The predicted molar refractivity (Wildman–Crippen MR) is 71.4 cm³/mol. The highest BCUT2D eigenvalue weighted by Gasteiger charge is 2.13. The number of aliphatic hydroxyl groups excluding tert-OH is 1. The van der Waals surface area contributed by atoms with Gasteiger partial charge in [0.2, 0.25) is 5.91 Å². The molecule has 1 amide bonds. The van der Waals surface area contributed by atoms with E-state index >= 15 is 0 Å². The van der Waals surface area contributed by atoms with Crippen LogP contribution in [0.1, 0.15) is 24.3 Å². The van der Waals surface area contributed by atoms with Crippen molar-refractivity contribution in [3.8, 4) is 0 Å². The van der Waals surface area contributed by atoms with Crippen LogP contribution in [-0.2, 0) is 11.2 Å². The molecule has 106 valence electrons. The molecule has 0 aliphatic carbocycles. The van der Waals surface area contributed by atoms with E-state index in [0.717, 1.165) is 17.4 Å². The van der Waals surface area contributed by atoms with Gasteiger partial charge in [-0.1, -0.05) is 12.1 Å². The number of hydrogen-bond acceptors (Lipinski definition) is 4. The fraction of sp³-hybridized carbons (Fsp3) is 0.231. The van der Waals surface area contributed by atoms with Gasteiger partial charge in [-0.2, -0.15) is 0 Å². The highest BCUT2D eigenvalue weighted by molar-refractivity contribution is 7.13. The van der Waals surface area contributed by atoms with E-state index in [4.69, 9.17) is 0 Å². The third-order valence-corrected chi connectivity index (χ3v) is 3.35. The minimum absolute atomic E-state index is 0.0187. The Morgan fingerprint density at radius 1 is 1.50 bits per heavy atom. The van der Waals surface area contributed by atoms with E-state index in [1.165, 1.54) is 12.1 Å². The molecule has 0 radical (unpaired) electrons. The molecule has 0 aliphatic heterocycles. The molecule has 1 heterocycles. The number of anilines is 1. The Morgan fingerprint density at radius 2 is 2.25 bits per heavy atom. The van der Waals surface area contributed by atoms with Crippen LogP contribution in [0.3, 0.4) is 0 Å². The summed E-state index contributed by atoms with van der Waals surface area (Å²) in [7, 11) is 0. The molecule has 0 fully saturated rings. The van der Waals surface area contributed by atoms with Gasteiger partial charge in [0.05, 0.1) is 18.2 Å². The van der Waals surface area contributed by atoms with Crippen LogP contribution in [-0.4, -0.2) is 16.0 Å². The molecule has 2 N–H and O–H groups in total. The van der Waals surface area contributed by atoms with Crippen LogP contribution in [0.25, 0.3) is 0 Å². The number of rotatable bonds is 4. The Balaban J connectivity index is 2.03. The number of aromatic nitrogens is 1. The zero-order chi connectivity index (χ0) is 14.7. The van der Waals surface area contributed by atoms with E-state index in [-0.39, 0.29) is 12.0 Å². The van der Waals surface area contributed by atoms with Crippen LogP contribution >= 0.6 is 11.3 Å². The van der Waals surface area contributed by atoms with Crippen LogP contribution in [0.4, 0.5) is 13.9 Å². The molecule has 1 aromatic carbocycles. The number of carbonyl (C=O) groups is 1. The number of thiazole rings is 1. The minimum Gasteiger partial charge on any atom is -0.387 e. The minimum atomic E-state index is -1.02. The largest absolute Gasteiger partial charge is 0.387 e. The third kappa shape index (κ3) is 3.37. The zero-order valence-electron chi connectivity index (χ0n) is 10.6. The summed E-state index contributed by atoms with van der Waals surface area (Å²) in [6.07, 6.45) is -1.01. The Kier molecular flexibility index (Phi) is 4.41. The number of hydrogen-bond donors (Lipinski definition) is 2. The number of benzene rings is 1. The fourth-order valence-electron chi connectivity index (χ4n) is 1.56. The highest BCUT2D eigenvalue weighted by Crippen LogP contribution is 2.20. The molecule has 1 aromatic heterocycles. The first-order chi connectivity index (χ1) is 9.47. The van der Waals surface area contributed by atoms with Crippen molar-refractivity contribution >= 4 is 22.4 Å². The van der Waals surface area contributed by atoms with Crippen molar-refractivity contribution < 1.29 is 18.7 Å². The van der Waals surface area contributed by atoms with E-state index in [1.807, 2.05) is 0 Å². The molecule has 2 rings (SSSR count). The van der Waals surface area contributed by atoms with Crippen LogP contribution in [0.2, 0.25) is 0 Å². The maximum absolute atomic E-state index is 13.4. The predicted octanol–water partition coefficient (Wildman–Crippen LogP) is 2.66. The van der Waals surface area contributed by atoms with Gasteiger partial charge in [-0.05, 0) is 13.0 Å². The monoisotopic (exact) mass is 298 g/mol. The molecule has 0 bridgehead atoms. The van der Waals surface area contributed by atoms with Crippen LogP contribution in [0.15, 0.2) is 23.6 Å². The first-order valence-electron chi connectivity index (χ1n) is 5.83. The first-order valence-corrected chi connectivity index (χ1v) is 6.71. The summed E-state index contributed by atoms with van der Waals surface area (Å²) in [6.45, 7) is 1.56. The number of carbonyl (C=O) groups excluding carboxylic acids is 1. The molecule has 20 heavy (non-hydrogen) atoms. The van der Waals surface area contributed by atoms with Gasteiger partial charge in [-0.15, -0.1) is 11.3 Å². The summed E-state index contributed by atoms with van der Waals surface area (Å²) in [5.41, 5.74) is 0.428. The zero-order valence-corrected chi connectivity index (χ0v) is 11.4. The number of aliphatic hydroxyl groups is 1. The average Bonchev–Trinajstić information content (AvgIpc) is 2.83. The lowest BCUT2D eigenvalue weighted by Crippen LogP contribution is -2.15. The third-order valence-electron chi connectivity index (χ3n) is 2.58. The van der Waals surface area contributed by atoms with Crippen LogP contribution in [0.5, 0.6) is 0 Å². The topological polar surface area (TPSA) is 62.2 Å². The number of amides is 1. The summed E-state index contributed by atoms with van der Waals surface area (Å²) in [4.78, 5) is 15.7. The van der Waals surface area contributed by atoms with Gasteiger partial charge < -0.3 is 10.4 Å². The lowest BCUT2D eigenvalue weighted by atomic mass is 10.1. The average molecular weight is 298 g/mol. The molecule has 0 aliphatic rings. The van der Waals surface area contributed by atoms with E-state index in [9.17, 15) is 18.7 Å². The van der Waals surface area contributed by atoms with Gasteiger partial charge in [0, 0.05) is 10.9 Å². The normalized spacial score (nSPS) is 12.2. The van der Waals surface area contributed by atoms with Crippen molar-refractivity contribution in [3.63, 3.8) is 0 Å². The van der Waals surface area contributed by atoms with E-state index in [1.54, 1.807) is 12.3 Å². The quantitative estimate of drug-likeness (QED) is 0.912. The fourth-order valence-corrected chi connectivity index (χ4v) is 2.37. The Hall–Kier alpha value is -1.86. The van der Waals surface area contributed by atoms with Crippen molar-refractivity contribution in [2.45, 2.75) is 19.4 Å². The lowest BCUT2D eigenvalue weighted by Gasteiger charge is -2.04. The van der Waals surface area contributed by atoms with Crippen molar-refractivity contribution in [1.29, 1.82) is 0 Å². The van der Waals surface area contributed by atoms with Crippen LogP contribution in [0, 0.1) is 11.6 Å². The smallest absolute Gasteiger partial charge is 0.230 e. The van der Waals surface area contributed by atoms with E-state index < -0.39 is 23.6 Å². The van der Waals surface area contributed by atoms with Gasteiger partial charge in [0.15, 0.2) is 16.8 Å². The van der Waals surface area contributed by atoms with Gasteiger partial charge in [0.1, 0.15) is 0 Å². The standard InChI is InChI=1S/C13H12F2N2O2S/c1-7(18)10-6-20-13(16-10)17-11(19)5-8-3-2-4-9(14)12(8)15/h2-4,6-7,18H,5H2,1H3,(H,16,17,19). The van der Waals surface area contributed by atoms with E-state index in [0.29, 0.717) is 10.8 Å². The Bertz CT molecular complexity index is 629. The summed E-state index contributed by atoms with van der Waals surface area (Å²) in [5, 5.41) is 13.7. The molecule has 4 nitrogen and oxygen atoms in total. The SMILES string of the molecule is CC(O)c1csc(NC(=O)Cc2cccc(F)c2F)n1. The van der Waals surface area contributed by atoms with E-state index in [2.05, 4.69) is 10.3 Å². The summed E-state index contributed by atoms with van der Waals surface area (Å²) >= 11 is 1.15. The van der Waals surface area contributed by atoms with Crippen LogP contribution < -0.4 is 5.32 Å². The van der Waals surface area contributed by atoms with Crippen molar-refractivity contribution in [3.05, 3.63) is 46.5 Å². The second-order valence-electron chi connectivity index (χ2n) is 4.19. The molecular weight excluding hydrogens is 286 g/mol. The molecule has 0 saturated heterocycles. The molecule has 1 unspecified atom stereocenters. The summed E-state index contributed by atoms with van der Waals surface area (Å²) < 4.78 is 26.4. The maximum Gasteiger partial charge on any atom is 0.230 e. The van der Waals surface area contributed by atoms with Crippen molar-refractivity contribution in [2.24, 2.45) is 0 Å². The second-order valence-corrected chi connectivity index (χ2v) is 5.05. The molecule has 2 aromatic rings. The van der Waals surface area contributed by atoms with Crippen molar-refractivity contribution in [2.75, 3.05) is 5.32 Å². The number of nitrogens with one attached hydrogen (secondary N) is 1. The Morgan fingerprint density at radius 3 is 2.90 bits per heavy atom. The maximum atomic E-state index is 13.4. The number of nitrogens with zero attached hydrogens (tertiary/aromatic N) is 1.